The van der Waals surface area contributed by atoms with Gasteiger partial charge < -0.3 is 25.1 Å². The maximum Gasteiger partial charge on any atom is 0.207 e. The second-order valence-corrected chi connectivity index (χ2v) is 9.64. The summed E-state index contributed by atoms with van der Waals surface area (Å²) in [6, 6.07) is 12.0. The summed E-state index contributed by atoms with van der Waals surface area (Å²) in [4.78, 5) is 9.27. The molecule has 36 heavy (non-hydrogen) atoms. The summed E-state index contributed by atoms with van der Waals surface area (Å²) in [5.41, 5.74) is 8.31. The van der Waals surface area contributed by atoms with Crippen LogP contribution < -0.4 is 15.2 Å². The normalized spacial score (nSPS) is 19.4. The molecule has 2 aromatic carbocycles. The molecule has 1 fully saturated rings. The minimum absolute atomic E-state index is 0.0156. The number of halogens is 1. The number of anilines is 1. The van der Waals surface area contributed by atoms with Gasteiger partial charge in [-0.15, -0.1) is 0 Å². The summed E-state index contributed by atoms with van der Waals surface area (Å²) in [7, 11) is 1.41. The van der Waals surface area contributed by atoms with Crippen LogP contribution in [0.5, 0.6) is 17.2 Å². The largest absolute Gasteiger partial charge is 0.494 e. The minimum atomic E-state index is -0.561. The molecule has 0 bridgehead atoms. The van der Waals surface area contributed by atoms with Crippen LogP contribution in [-0.4, -0.2) is 45.9 Å². The number of hydrogen-bond donors (Lipinski definition) is 2. The van der Waals surface area contributed by atoms with Crippen molar-refractivity contribution in [2.24, 2.45) is 5.41 Å². The minimum Gasteiger partial charge on any atom is -0.494 e. The zero-order valence-corrected chi connectivity index (χ0v) is 20.4. The number of aliphatic hydroxyl groups is 1. The summed E-state index contributed by atoms with van der Waals surface area (Å²) >= 11 is 0. The second-order valence-electron chi connectivity index (χ2n) is 9.64. The van der Waals surface area contributed by atoms with Crippen LogP contribution in [0.25, 0.3) is 16.8 Å². The van der Waals surface area contributed by atoms with Crippen LogP contribution in [0.1, 0.15) is 32.0 Å². The SMILES string of the molecule is COc1cccc(Oc2ccc(-c3nc(C4COC(CO)C(C)(C)C4)n4ccnc(N)c34)cc2)c1F. The molecule has 0 saturated carbocycles. The Hall–Kier alpha value is -3.69. The van der Waals surface area contributed by atoms with Gasteiger partial charge in [-0.3, -0.25) is 4.40 Å². The van der Waals surface area contributed by atoms with E-state index in [9.17, 15) is 9.50 Å². The number of hydrogen-bond acceptors (Lipinski definition) is 7. The standard InChI is InChI=1S/C27H29FN4O4/c1-27(2)13-17(15-35-21(27)14-33)26-31-23(24-25(29)30-11-12-32(24)26)16-7-9-18(10-8-16)36-20-6-4-5-19(34-3)22(20)28/h4-12,17,21,33H,13-15H2,1-3H3,(H2,29,30). The van der Waals surface area contributed by atoms with Gasteiger partial charge in [0.25, 0.3) is 0 Å². The van der Waals surface area contributed by atoms with Gasteiger partial charge in [0.1, 0.15) is 28.6 Å². The molecule has 188 valence electrons. The van der Waals surface area contributed by atoms with E-state index >= 15 is 0 Å². The van der Waals surface area contributed by atoms with Crippen molar-refractivity contribution in [1.29, 1.82) is 0 Å². The number of ether oxygens (including phenoxy) is 3. The summed E-state index contributed by atoms with van der Waals surface area (Å²) in [6.45, 7) is 4.62. The van der Waals surface area contributed by atoms with Crippen molar-refractivity contribution in [3.8, 4) is 28.5 Å². The Morgan fingerprint density at radius 2 is 1.94 bits per heavy atom. The molecule has 9 heteroatoms. The number of imidazole rings is 1. The number of aliphatic hydroxyl groups excluding tert-OH is 1. The van der Waals surface area contributed by atoms with Crippen LogP contribution in [0.15, 0.2) is 54.9 Å². The van der Waals surface area contributed by atoms with Crippen molar-refractivity contribution in [2.45, 2.75) is 32.3 Å². The van der Waals surface area contributed by atoms with Gasteiger partial charge in [-0.2, -0.15) is 4.39 Å². The van der Waals surface area contributed by atoms with Crippen molar-refractivity contribution in [3.05, 3.63) is 66.5 Å². The molecule has 0 aliphatic carbocycles. The van der Waals surface area contributed by atoms with E-state index in [1.807, 2.05) is 22.7 Å². The maximum atomic E-state index is 14.5. The van der Waals surface area contributed by atoms with Gasteiger partial charge in [-0.25, -0.2) is 9.97 Å². The van der Waals surface area contributed by atoms with Gasteiger partial charge in [0.2, 0.25) is 5.82 Å². The van der Waals surface area contributed by atoms with Crippen molar-refractivity contribution in [2.75, 3.05) is 26.1 Å². The van der Waals surface area contributed by atoms with Crippen LogP contribution in [0, 0.1) is 11.2 Å². The molecule has 1 aliphatic rings. The van der Waals surface area contributed by atoms with E-state index in [1.165, 1.54) is 13.2 Å². The molecule has 1 saturated heterocycles. The Bertz CT molecular complexity index is 1390. The molecule has 2 aromatic heterocycles. The van der Waals surface area contributed by atoms with Gasteiger partial charge in [0.05, 0.1) is 26.4 Å². The fourth-order valence-corrected chi connectivity index (χ4v) is 4.86. The lowest BCUT2D eigenvalue weighted by Gasteiger charge is -2.41. The van der Waals surface area contributed by atoms with E-state index in [2.05, 4.69) is 18.8 Å². The third kappa shape index (κ3) is 4.25. The molecular formula is C27H29FN4O4. The molecule has 0 spiro atoms. The highest BCUT2D eigenvalue weighted by Gasteiger charge is 2.39. The summed E-state index contributed by atoms with van der Waals surface area (Å²) in [6.07, 6.45) is 4.10. The lowest BCUT2D eigenvalue weighted by atomic mass is 9.76. The molecule has 4 aromatic rings. The van der Waals surface area contributed by atoms with Crippen LogP contribution in [0.4, 0.5) is 10.2 Å². The van der Waals surface area contributed by atoms with E-state index in [1.54, 1.807) is 30.5 Å². The number of nitrogen functional groups attached to an aromatic ring is 1. The molecule has 2 atom stereocenters. The average molecular weight is 493 g/mol. The third-order valence-electron chi connectivity index (χ3n) is 6.79. The lowest BCUT2D eigenvalue weighted by molar-refractivity contribution is -0.102. The number of fused-ring (bicyclic) bond motifs is 1. The van der Waals surface area contributed by atoms with E-state index in [4.69, 9.17) is 24.9 Å². The van der Waals surface area contributed by atoms with Crippen LogP contribution in [-0.2, 0) is 4.74 Å². The smallest absolute Gasteiger partial charge is 0.207 e. The highest BCUT2D eigenvalue weighted by Crippen LogP contribution is 2.42. The predicted octanol–water partition coefficient (Wildman–Crippen LogP) is 4.81. The number of methoxy groups -OCH3 is 1. The Kier molecular flexibility index (Phi) is 6.27. The third-order valence-corrected chi connectivity index (χ3v) is 6.79. The first-order valence-electron chi connectivity index (χ1n) is 11.8. The number of benzene rings is 2. The summed E-state index contributed by atoms with van der Waals surface area (Å²) < 4.78 is 33.2. The van der Waals surface area contributed by atoms with Crippen molar-refractivity contribution >= 4 is 11.3 Å². The fourth-order valence-electron chi connectivity index (χ4n) is 4.86. The van der Waals surface area contributed by atoms with Crippen molar-refractivity contribution in [1.82, 2.24) is 14.4 Å². The Labute approximate surface area is 208 Å². The van der Waals surface area contributed by atoms with E-state index < -0.39 is 5.82 Å². The van der Waals surface area contributed by atoms with Gasteiger partial charge in [-0.05, 0) is 48.2 Å². The topological polar surface area (TPSA) is 104 Å². The number of nitrogens with zero attached hydrogens (tertiary/aromatic N) is 3. The van der Waals surface area contributed by atoms with E-state index in [-0.39, 0.29) is 35.5 Å². The molecule has 1 aliphatic heterocycles. The molecule has 8 nitrogen and oxygen atoms in total. The highest BCUT2D eigenvalue weighted by molar-refractivity contribution is 5.85. The second kappa shape index (κ2) is 9.40. The van der Waals surface area contributed by atoms with Gasteiger partial charge in [-0.1, -0.05) is 19.9 Å². The van der Waals surface area contributed by atoms with Gasteiger partial charge in [0, 0.05) is 23.9 Å². The quantitative estimate of drug-likeness (QED) is 0.398. The lowest BCUT2D eigenvalue weighted by Crippen LogP contribution is -2.42. The molecule has 0 amide bonds. The van der Waals surface area contributed by atoms with Crippen LogP contribution >= 0.6 is 0 Å². The average Bonchev–Trinajstić information content (AvgIpc) is 3.26. The van der Waals surface area contributed by atoms with Crippen LogP contribution in [0.2, 0.25) is 0 Å². The van der Waals surface area contributed by atoms with E-state index in [0.717, 1.165) is 17.8 Å². The zero-order chi connectivity index (χ0) is 25.4. The predicted molar refractivity (Wildman–Crippen MR) is 134 cm³/mol. The highest BCUT2D eigenvalue weighted by atomic mass is 19.1. The van der Waals surface area contributed by atoms with Gasteiger partial charge >= 0.3 is 0 Å². The fraction of sp³-hybridized carbons (Fsp3) is 0.333. The molecular weight excluding hydrogens is 463 g/mol. The molecule has 3 heterocycles. The molecule has 2 unspecified atom stereocenters. The van der Waals surface area contributed by atoms with Crippen LogP contribution in [0.3, 0.4) is 0 Å². The van der Waals surface area contributed by atoms with E-state index in [0.29, 0.717) is 29.4 Å². The first-order chi connectivity index (χ1) is 17.3. The molecule has 5 rings (SSSR count). The number of aromatic nitrogens is 3. The Morgan fingerprint density at radius 1 is 1.19 bits per heavy atom. The maximum absolute atomic E-state index is 14.5. The Morgan fingerprint density at radius 3 is 2.64 bits per heavy atom. The number of rotatable bonds is 6. The number of nitrogens with two attached hydrogens (primary N) is 1. The summed E-state index contributed by atoms with van der Waals surface area (Å²) in [5, 5.41) is 9.69. The Balaban J connectivity index is 1.49. The first-order valence-corrected chi connectivity index (χ1v) is 11.8. The monoisotopic (exact) mass is 492 g/mol. The molecule has 3 N–H and O–H groups in total. The zero-order valence-electron chi connectivity index (χ0n) is 20.4. The first kappa shape index (κ1) is 24.0. The van der Waals surface area contributed by atoms with Crippen molar-refractivity contribution in [3.63, 3.8) is 0 Å². The summed E-state index contributed by atoms with van der Waals surface area (Å²) in [5.74, 6) is 1.32. The van der Waals surface area contributed by atoms with Gasteiger partial charge in [0.15, 0.2) is 11.5 Å². The van der Waals surface area contributed by atoms with Crippen molar-refractivity contribution < 1.29 is 23.7 Å². The molecule has 0 radical (unpaired) electrons.